The van der Waals surface area contributed by atoms with Gasteiger partial charge in [0.2, 0.25) is 0 Å². The van der Waals surface area contributed by atoms with Gasteiger partial charge in [-0.15, -0.1) is 11.8 Å². The number of Topliss-reactive ketones (excluding diaryl/α,β-unsaturated/α-hetero) is 1. The molecule has 19 heavy (non-hydrogen) atoms. The lowest BCUT2D eigenvalue weighted by Crippen LogP contribution is -2.25. The Bertz CT molecular complexity index is 421. The third-order valence-electron chi connectivity index (χ3n) is 2.14. The highest BCUT2D eigenvalue weighted by Crippen LogP contribution is 2.13. The summed E-state index contributed by atoms with van der Waals surface area (Å²) in [6, 6.07) is 9.94. The number of benzene rings is 1. The van der Waals surface area contributed by atoms with Gasteiger partial charge in [0, 0.05) is 5.75 Å². The Labute approximate surface area is 118 Å². The quantitative estimate of drug-likeness (QED) is 0.593. The molecule has 0 atom stereocenters. The van der Waals surface area contributed by atoms with Gasteiger partial charge in [-0.25, -0.2) is 0 Å². The van der Waals surface area contributed by atoms with Crippen molar-refractivity contribution in [1.82, 2.24) is 0 Å². The summed E-state index contributed by atoms with van der Waals surface area (Å²) in [6.45, 7) is 5.37. The fraction of sp³-hybridized carbons (Fsp3) is 0.467. The molecule has 1 aromatic rings. The summed E-state index contributed by atoms with van der Waals surface area (Å²) >= 11 is 1.52. The lowest BCUT2D eigenvalue weighted by atomic mass is 10.2. The van der Waals surface area contributed by atoms with Gasteiger partial charge >= 0.3 is 5.97 Å². The fourth-order valence-electron chi connectivity index (χ4n) is 1.45. The Kier molecular flexibility index (Phi) is 6.09. The van der Waals surface area contributed by atoms with E-state index < -0.39 is 11.6 Å². The number of hydrogen-bond donors (Lipinski definition) is 0. The highest BCUT2D eigenvalue weighted by molar-refractivity contribution is 7.99. The molecule has 3 nitrogen and oxygen atoms in total. The van der Waals surface area contributed by atoms with Crippen molar-refractivity contribution in [2.45, 2.75) is 38.5 Å². The predicted octanol–water partition coefficient (Wildman–Crippen LogP) is 3.22. The Morgan fingerprint density at radius 2 is 1.79 bits per heavy atom. The van der Waals surface area contributed by atoms with E-state index in [-0.39, 0.29) is 12.2 Å². The van der Waals surface area contributed by atoms with Crippen LogP contribution >= 0.6 is 11.8 Å². The van der Waals surface area contributed by atoms with Crippen LogP contribution in [0.15, 0.2) is 30.3 Å². The molecule has 0 aromatic heterocycles. The van der Waals surface area contributed by atoms with Gasteiger partial charge in [0.05, 0.1) is 5.75 Å². The number of rotatable bonds is 6. The lowest BCUT2D eigenvalue weighted by molar-refractivity contribution is -0.155. The van der Waals surface area contributed by atoms with Crippen molar-refractivity contribution in [3.8, 4) is 0 Å². The summed E-state index contributed by atoms with van der Waals surface area (Å²) in [6.07, 6.45) is -0.140. The topological polar surface area (TPSA) is 43.4 Å². The minimum atomic E-state index is -0.533. The molecule has 1 rings (SSSR count). The third kappa shape index (κ3) is 7.67. The van der Waals surface area contributed by atoms with E-state index in [0.717, 1.165) is 5.75 Å². The standard InChI is InChI=1S/C15H20O3S/c1-15(2,3)18-14(17)9-13(16)11-19-10-12-7-5-4-6-8-12/h4-8H,9-11H2,1-3H3. The highest BCUT2D eigenvalue weighted by Gasteiger charge is 2.18. The normalized spacial score (nSPS) is 11.1. The van der Waals surface area contributed by atoms with Crippen molar-refractivity contribution in [2.75, 3.05) is 5.75 Å². The van der Waals surface area contributed by atoms with Crippen LogP contribution in [-0.4, -0.2) is 23.1 Å². The van der Waals surface area contributed by atoms with E-state index in [1.807, 2.05) is 30.3 Å². The van der Waals surface area contributed by atoms with E-state index in [2.05, 4.69) is 0 Å². The van der Waals surface area contributed by atoms with Gasteiger partial charge in [0.25, 0.3) is 0 Å². The third-order valence-corrected chi connectivity index (χ3v) is 3.20. The second kappa shape index (κ2) is 7.34. The molecule has 0 bridgehead atoms. The first-order chi connectivity index (χ1) is 8.87. The average molecular weight is 280 g/mol. The largest absolute Gasteiger partial charge is 0.460 e. The van der Waals surface area contributed by atoms with Gasteiger partial charge in [-0.2, -0.15) is 0 Å². The molecule has 0 spiro atoms. The first-order valence-corrected chi connectivity index (χ1v) is 7.37. The number of carbonyl (C=O) groups excluding carboxylic acids is 2. The van der Waals surface area contributed by atoms with Crippen molar-refractivity contribution >= 4 is 23.5 Å². The van der Waals surface area contributed by atoms with Crippen molar-refractivity contribution in [3.63, 3.8) is 0 Å². The molecule has 0 saturated carbocycles. The predicted molar refractivity (Wildman–Crippen MR) is 78.1 cm³/mol. The summed E-state index contributed by atoms with van der Waals surface area (Å²) < 4.78 is 5.10. The summed E-state index contributed by atoms with van der Waals surface area (Å²) in [5, 5.41) is 0. The van der Waals surface area contributed by atoms with Crippen LogP contribution in [0.25, 0.3) is 0 Å². The van der Waals surface area contributed by atoms with Crippen molar-refractivity contribution in [1.29, 1.82) is 0 Å². The molecule has 0 amide bonds. The smallest absolute Gasteiger partial charge is 0.313 e. The minimum absolute atomic E-state index is 0.0878. The summed E-state index contributed by atoms with van der Waals surface area (Å²) in [5.74, 6) is 0.586. The molecule has 0 N–H and O–H groups in total. The van der Waals surface area contributed by atoms with Crippen LogP contribution in [-0.2, 0) is 20.1 Å². The molecule has 0 unspecified atom stereocenters. The minimum Gasteiger partial charge on any atom is -0.460 e. The summed E-state index contributed by atoms with van der Waals surface area (Å²) in [4.78, 5) is 23.1. The molecule has 0 aliphatic heterocycles. The van der Waals surface area contributed by atoms with Crippen molar-refractivity contribution in [3.05, 3.63) is 35.9 Å². The SMILES string of the molecule is CC(C)(C)OC(=O)CC(=O)CSCc1ccccc1. The Morgan fingerprint density at radius 3 is 2.37 bits per heavy atom. The monoisotopic (exact) mass is 280 g/mol. The first kappa shape index (κ1) is 15.8. The van der Waals surface area contributed by atoms with Crippen LogP contribution in [0.2, 0.25) is 0 Å². The van der Waals surface area contributed by atoms with Crippen LogP contribution in [0.4, 0.5) is 0 Å². The first-order valence-electron chi connectivity index (χ1n) is 6.22. The molecule has 0 aliphatic rings. The van der Waals surface area contributed by atoms with Gasteiger partial charge < -0.3 is 4.74 Å². The number of carbonyl (C=O) groups is 2. The summed E-state index contributed by atoms with van der Waals surface area (Å²) in [5.41, 5.74) is 0.645. The van der Waals surface area contributed by atoms with Crippen molar-refractivity contribution < 1.29 is 14.3 Å². The number of hydrogen-bond acceptors (Lipinski definition) is 4. The number of thioether (sulfide) groups is 1. The number of esters is 1. The van der Waals surface area contributed by atoms with Crippen molar-refractivity contribution in [2.24, 2.45) is 0 Å². The lowest BCUT2D eigenvalue weighted by Gasteiger charge is -2.19. The van der Waals surface area contributed by atoms with Gasteiger partial charge in [-0.1, -0.05) is 30.3 Å². The van der Waals surface area contributed by atoms with Crippen LogP contribution in [0.5, 0.6) is 0 Å². The maximum Gasteiger partial charge on any atom is 0.313 e. The van der Waals surface area contributed by atoms with E-state index in [9.17, 15) is 9.59 Å². The van der Waals surface area contributed by atoms with Gasteiger partial charge in [-0.05, 0) is 26.3 Å². The fourth-order valence-corrected chi connectivity index (χ4v) is 2.31. The molecule has 1 aromatic carbocycles. The van der Waals surface area contributed by atoms with E-state index in [1.54, 1.807) is 20.8 Å². The highest BCUT2D eigenvalue weighted by atomic mass is 32.2. The van der Waals surface area contributed by atoms with Gasteiger partial charge in [-0.3, -0.25) is 9.59 Å². The molecule has 104 valence electrons. The van der Waals surface area contributed by atoms with Crippen LogP contribution in [0, 0.1) is 0 Å². The maximum atomic E-state index is 11.6. The molecule has 4 heteroatoms. The Balaban J connectivity index is 2.23. The molecular formula is C15H20O3S. The Morgan fingerprint density at radius 1 is 1.16 bits per heavy atom. The number of ketones is 1. The molecule has 0 saturated heterocycles. The molecule has 0 aliphatic carbocycles. The molecule has 0 fully saturated rings. The van der Waals surface area contributed by atoms with E-state index >= 15 is 0 Å². The van der Waals surface area contributed by atoms with E-state index in [0.29, 0.717) is 5.75 Å². The zero-order chi connectivity index (χ0) is 14.3. The molecular weight excluding hydrogens is 260 g/mol. The molecule has 0 heterocycles. The number of ether oxygens (including phenoxy) is 1. The Hall–Kier alpha value is -1.29. The van der Waals surface area contributed by atoms with Gasteiger partial charge in [0.1, 0.15) is 12.0 Å². The van der Waals surface area contributed by atoms with Crippen LogP contribution in [0.3, 0.4) is 0 Å². The van der Waals surface area contributed by atoms with E-state index in [1.165, 1.54) is 17.3 Å². The maximum absolute atomic E-state index is 11.6. The average Bonchev–Trinajstić information content (AvgIpc) is 2.27. The van der Waals surface area contributed by atoms with Crippen LogP contribution in [0.1, 0.15) is 32.8 Å². The van der Waals surface area contributed by atoms with Gasteiger partial charge in [0.15, 0.2) is 5.78 Å². The second-order valence-electron chi connectivity index (χ2n) is 5.28. The zero-order valence-electron chi connectivity index (χ0n) is 11.6. The zero-order valence-corrected chi connectivity index (χ0v) is 12.5. The van der Waals surface area contributed by atoms with Crippen LogP contribution < -0.4 is 0 Å². The second-order valence-corrected chi connectivity index (χ2v) is 6.27. The molecule has 0 radical (unpaired) electrons. The summed E-state index contributed by atoms with van der Waals surface area (Å²) in [7, 11) is 0. The van der Waals surface area contributed by atoms with E-state index in [4.69, 9.17) is 4.74 Å².